The minimum absolute atomic E-state index is 0.574. The molecule has 1 aromatic heterocycles. The van der Waals surface area contributed by atoms with E-state index in [0.29, 0.717) is 16.8 Å². The predicted molar refractivity (Wildman–Crippen MR) is 51.5 cm³/mol. The summed E-state index contributed by atoms with van der Waals surface area (Å²) in [5, 5.41) is 0.826. The number of hydrogen-bond donors (Lipinski definition) is 1. The van der Waals surface area contributed by atoms with E-state index in [9.17, 15) is 4.79 Å². The second kappa shape index (κ2) is 2.86. The molecule has 13 heavy (non-hydrogen) atoms. The van der Waals surface area contributed by atoms with Crippen molar-refractivity contribution in [1.82, 2.24) is 4.98 Å². The second-order valence-electron chi connectivity index (χ2n) is 2.76. The van der Waals surface area contributed by atoms with Gasteiger partial charge in [0.05, 0.1) is 5.52 Å². The molecule has 0 atom stereocenters. The molecule has 3 heteroatoms. The molecule has 0 aliphatic carbocycles. The van der Waals surface area contributed by atoms with E-state index in [1.165, 1.54) is 0 Å². The van der Waals surface area contributed by atoms with Crippen LogP contribution in [0.1, 0.15) is 10.4 Å². The molecule has 0 radical (unpaired) electrons. The van der Waals surface area contributed by atoms with E-state index in [2.05, 4.69) is 4.98 Å². The lowest BCUT2D eigenvalue weighted by Gasteiger charge is -2.01. The molecule has 0 fully saturated rings. The number of carbonyl (C=O) groups excluding carboxylic acids is 1. The quantitative estimate of drug-likeness (QED) is 0.665. The van der Waals surface area contributed by atoms with Gasteiger partial charge in [-0.3, -0.25) is 9.78 Å². The maximum Gasteiger partial charge on any atom is 0.152 e. The summed E-state index contributed by atoms with van der Waals surface area (Å²) in [6.45, 7) is 0. The number of fused-ring (bicyclic) bond motifs is 1. The van der Waals surface area contributed by atoms with Crippen LogP contribution in [0.15, 0.2) is 30.5 Å². The highest BCUT2D eigenvalue weighted by Crippen LogP contribution is 2.20. The molecule has 0 saturated carbocycles. The van der Waals surface area contributed by atoms with Gasteiger partial charge in [-0.1, -0.05) is 12.1 Å². The van der Waals surface area contributed by atoms with Gasteiger partial charge in [0.2, 0.25) is 0 Å². The standard InChI is InChI=1S/C10H8N2O/c11-9-4-5-12-10-7(6-13)2-1-3-8(9)10/h1-6H,(H2,11,12). The Kier molecular flexibility index (Phi) is 1.70. The van der Waals surface area contributed by atoms with Crippen LogP contribution in [-0.4, -0.2) is 11.3 Å². The average Bonchev–Trinajstić information content (AvgIpc) is 2.18. The largest absolute Gasteiger partial charge is 0.398 e. The Balaban J connectivity index is 2.92. The zero-order valence-electron chi connectivity index (χ0n) is 6.90. The Morgan fingerprint density at radius 2 is 2.15 bits per heavy atom. The first-order valence-corrected chi connectivity index (χ1v) is 3.91. The molecule has 64 valence electrons. The summed E-state index contributed by atoms with van der Waals surface area (Å²) in [7, 11) is 0. The van der Waals surface area contributed by atoms with Crippen molar-refractivity contribution in [3.05, 3.63) is 36.0 Å². The SMILES string of the molecule is Nc1ccnc2c(C=O)cccc12. The number of hydrogen-bond acceptors (Lipinski definition) is 3. The Bertz CT molecular complexity index is 465. The van der Waals surface area contributed by atoms with E-state index in [0.717, 1.165) is 11.7 Å². The topological polar surface area (TPSA) is 56.0 Å². The Labute approximate surface area is 75.2 Å². The zero-order valence-corrected chi connectivity index (χ0v) is 6.90. The Morgan fingerprint density at radius 1 is 1.31 bits per heavy atom. The molecule has 0 spiro atoms. The Morgan fingerprint density at radius 3 is 2.92 bits per heavy atom. The number of nitrogens with zero attached hydrogens (tertiary/aromatic N) is 1. The van der Waals surface area contributed by atoms with Crippen LogP contribution in [0.5, 0.6) is 0 Å². The molecular weight excluding hydrogens is 164 g/mol. The molecular formula is C10H8N2O. The fraction of sp³-hybridized carbons (Fsp3) is 0. The lowest BCUT2D eigenvalue weighted by atomic mass is 10.1. The van der Waals surface area contributed by atoms with Crippen LogP contribution >= 0.6 is 0 Å². The van der Waals surface area contributed by atoms with Crippen molar-refractivity contribution in [3.63, 3.8) is 0 Å². The van der Waals surface area contributed by atoms with Gasteiger partial charge in [-0.05, 0) is 12.1 Å². The van der Waals surface area contributed by atoms with Crippen molar-refractivity contribution in [1.29, 1.82) is 0 Å². The molecule has 1 aromatic carbocycles. The van der Waals surface area contributed by atoms with E-state index in [4.69, 9.17) is 5.73 Å². The van der Waals surface area contributed by atoms with Crippen LogP contribution in [0, 0.1) is 0 Å². The number of pyridine rings is 1. The maximum absolute atomic E-state index is 10.7. The van der Waals surface area contributed by atoms with Gasteiger partial charge in [0.15, 0.2) is 6.29 Å². The van der Waals surface area contributed by atoms with Crippen molar-refractivity contribution in [2.45, 2.75) is 0 Å². The van der Waals surface area contributed by atoms with Gasteiger partial charge < -0.3 is 5.73 Å². The highest BCUT2D eigenvalue weighted by Gasteiger charge is 2.02. The average molecular weight is 172 g/mol. The minimum Gasteiger partial charge on any atom is -0.398 e. The number of para-hydroxylation sites is 1. The van der Waals surface area contributed by atoms with Crippen LogP contribution < -0.4 is 5.73 Å². The van der Waals surface area contributed by atoms with Crippen LogP contribution in [0.25, 0.3) is 10.9 Å². The van der Waals surface area contributed by atoms with Crippen LogP contribution in [0.4, 0.5) is 5.69 Å². The number of nitrogens with two attached hydrogens (primary N) is 1. The molecule has 2 rings (SSSR count). The van der Waals surface area contributed by atoms with Crippen LogP contribution in [-0.2, 0) is 0 Å². The monoisotopic (exact) mass is 172 g/mol. The summed E-state index contributed by atoms with van der Waals surface area (Å²) >= 11 is 0. The number of anilines is 1. The molecule has 2 N–H and O–H groups in total. The summed E-state index contributed by atoms with van der Waals surface area (Å²) in [6, 6.07) is 7.09. The van der Waals surface area contributed by atoms with Crippen LogP contribution in [0.2, 0.25) is 0 Å². The fourth-order valence-electron chi connectivity index (χ4n) is 1.32. The van der Waals surface area contributed by atoms with E-state index < -0.39 is 0 Å². The fourth-order valence-corrected chi connectivity index (χ4v) is 1.32. The number of benzene rings is 1. The number of nitrogen functional groups attached to an aromatic ring is 1. The molecule has 0 amide bonds. The van der Waals surface area contributed by atoms with Gasteiger partial charge in [-0.2, -0.15) is 0 Å². The smallest absolute Gasteiger partial charge is 0.152 e. The van der Waals surface area contributed by atoms with Gasteiger partial charge in [-0.25, -0.2) is 0 Å². The van der Waals surface area contributed by atoms with Crippen LogP contribution in [0.3, 0.4) is 0 Å². The highest BCUT2D eigenvalue weighted by atomic mass is 16.1. The third-order valence-corrected chi connectivity index (χ3v) is 1.96. The zero-order chi connectivity index (χ0) is 9.26. The van der Waals surface area contributed by atoms with Crippen molar-refractivity contribution in [2.75, 3.05) is 5.73 Å². The summed E-state index contributed by atoms with van der Waals surface area (Å²) in [4.78, 5) is 14.8. The maximum atomic E-state index is 10.7. The molecule has 0 aliphatic heterocycles. The van der Waals surface area contributed by atoms with Gasteiger partial charge >= 0.3 is 0 Å². The minimum atomic E-state index is 0.574. The third-order valence-electron chi connectivity index (χ3n) is 1.96. The number of aldehydes is 1. The Hall–Kier alpha value is -1.90. The van der Waals surface area contributed by atoms with Gasteiger partial charge in [0.25, 0.3) is 0 Å². The van der Waals surface area contributed by atoms with E-state index in [1.54, 1.807) is 24.4 Å². The second-order valence-corrected chi connectivity index (χ2v) is 2.76. The first kappa shape index (κ1) is 7.73. The van der Waals surface area contributed by atoms with Crippen molar-refractivity contribution in [3.8, 4) is 0 Å². The lowest BCUT2D eigenvalue weighted by molar-refractivity contribution is 0.112. The summed E-state index contributed by atoms with van der Waals surface area (Å²) in [6.07, 6.45) is 2.39. The number of rotatable bonds is 1. The first-order valence-electron chi connectivity index (χ1n) is 3.91. The van der Waals surface area contributed by atoms with Crippen molar-refractivity contribution >= 4 is 22.9 Å². The molecule has 2 aromatic rings. The number of carbonyl (C=O) groups is 1. The first-order chi connectivity index (χ1) is 6.33. The van der Waals surface area contributed by atoms with Gasteiger partial charge in [0, 0.05) is 22.8 Å². The molecule has 3 nitrogen and oxygen atoms in total. The summed E-state index contributed by atoms with van der Waals surface area (Å²) in [5.74, 6) is 0. The normalized spacial score (nSPS) is 10.2. The molecule has 0 unspecified atom stereocenters. The summed E-state index contributed by atoms with van der Waals surface area (Å²) in [5.41, 5.74) is 7.61. The van der Waals surface area contributed by atoms with Crippen molar-refractivity contribution in [2.24, 2.45) is 0 Å². The molecule has 1 heterocycles. The number of aromatic nitrogens is 1. The predicted octanol–water partition coefficient (Wildman–Crippen LogP) is 1.63. The lowest BCUT2D eigenvalue weighted by Crippen LogP contribution is -1.91. The van der Waals surface area contributed by atoms with E-state index >= 15 is 0 Å². The highest BCUT2D eigenvalue weighted by molar-refractivity contribution is 6.00. The molecule has 0 bridgehead atoms. The molecule has 0 aliphatic rings. The molecule has 0 saturated heterocycles. The van der Waals surface area contributed by atoms with Gasteiger partial charge in [0.1, 0.15) is 0 Å². The third kappa shape index (κ3) is 1.14. The summed E-state index contributed by atoms with van der Waals surface area (Å²) < 4.78 is 0. The van der Waals surface area contributed by atoms with E-state index in [1.807, 2.05) is 6.07 Å². The van der Waals surface area contributed by atoms with Crippen molar-refractivity contribution < 1.29 is 4.79 Å². The van der Waals surface area contributed by atoms with Gasteiger partial charge in [-0.15, -0.1) is 0 Å². The van der Waals surface area contributed by atoms with E-state index in [-0.39, 0.29) is 0 Å².